The molecule has 0 fully saturated rings. The first-order chi connectivity index (χ1) is 11.8. The van der Waals surface area contributed by atoms with Gasteiger partial charge in [-0.25, -0.2) is 13.1 Å². The van der Waals surface area contributed by atoms with E-state index in [1.165, 1.54) is 17.6 Å². The standard InChI is InChI=1S/C18H19NO4S2/c1-13-7-8-15(11-14(13)2)25(21,22)19-12-18(20,16-5-3-9-23-16)17-6-4-10-24-17/h3-11,19-20H,12H2,1-2H3. The van der Waals surface area contributed by atoms with E-state index >= 15 is 0 Å². The fourth-order valence-corrected chi connectivity index (χ4v) is 4.46. The van der Waals surface area contributed by atoms with Crippen molar-refractivity contribution in [2.45, 2.75) is 24.3 Å². The van der Waals surface area contributed by atoms with Crippen molar-refractivity contribution in [3.8, 4) is 0 Å². The topological polar surface area (TPSA) is 79.5 Å². The van der Waals surface area contributed by atoms with Crippen molar-refractivity contribution in [3.63, 3.8) is 0 Å². The van der Waals surface area contributed by atoms with Gasteiger partial charge >= 0.3 is 0 Å². The highest BCUT2D eigenvalue weighted by atomic mass is 32.2. The van der Waals surface area contributed by atoms with Gasteiger partial charge in [0.05, 0.1) is 17.7 Å². The maximum atomic E-state index is 12.6. The molecule has 0 aliphatic rings. The molecule has 2 N–H and O–H groups in total. The molecule has 0 aliphatic carbocycles. The summed E-state index contributed by atoms with van der Waals surface area (Å²) in [6.45, 7) is 3.56. The second-order valence-corrected chi connectivity index (χ2v) is 8.60. The molecule has 0 bridgehead atoms. The van der Waals surface area contributed by atoms with Crippen LogP contribution in [0.2, 0.25) is 0 Å². The van der Waals surface area contributed by atoms with Gasteiger partial charge < -0.3 is 9.52 Å². The van der Waals surface area contributed by atoms with Gasteiger partial charge in [0.15, 0.2) is 5.60 Å². The van der Waals surface area contributed by atoms with Gasteiger partial charge in [-0.15, -0.1) is 11.3 Å². The zero-order valence-electron chi connectivity index (χ0n) is 13.9. The molecule has 0 saturated carbocycles. The average Bonchev–Trinajstić information content (AvgIpc) is 3.29. The predicted octanol–water partition coefficient (Wildman–Crippen LogP) is 3.17. The van der Waals surface area contributed by atoms with E-state index in [9.17, 15) is 13.5 Å². The van der Waals surface area contributed by atoms with E-state index in [1.807, 2.05) is 19.2 Å². The molecule has 1 atom stereocenters. The van der Waals surface area contributed by atoms with E-state index in [2.05, 4.69) is 4.72 Å². The number of aryl methyl sites for hydroxylation is 2. The third-order valence-electron chi connectivity index (χ3n) is 4.16. The average molecular weight is 377 g/mol. The highest BCUT2D eigenvalue weighted by molar-refractivity contribution is 7.89. The van der Waals surface area contributed by atoms with Gasteiger partial charge in [-0.1, -0.05) is 12.1 Å². The van der Waals surface area contributed by atoms with Gasteiger partial charge in [-0.2, -0.15) is 0 Å². The number of rotatable bonds is 6. The van der Waals surface area contributed by atoms with E-state index in [4.69, 9.17) is 4.42 Å². The van der Waals surface area contributed by atoms with Gasteiger partial charge in [-0.3, -0.25) is 0 Å². The highest BCUT2D eigenvalue weighted by Crippen LogP contribution is 2.33. The molecular formula is C18H19NO4S2. The van der Waals surface area contributed by atoms with E-state index in [1.54, 1.807) is 42.5 Å². The smallest absolute Gasteiger partial charge is 0.240 e. The number of hydrogen-bond acceptors (Lipinski definition) is 5. The minimum Gasteiger partial charge on any atom is -0.466 e. The molecule has 25 heavy (non-hydrogen) atoms. The van der Waals surface area contributed by atoms with Crippen LogP contribution in [0.15, 0.2) is 63.4 Å². The van der Waals surface area contributed by atoms with Crippen molar-refractivity contribution in [1.82, 2.24) is 4.72 Å². The van der Waals surface area contributed by atoms with Crippen molar-refractivity contribution in [1.29, 1.82) is 0 Å². The summed E-state index contributed by atoms with van der Waals surface area (Å²) in [6.07, 6.45) is 1.45. The van der Waals surface area contributed by atoms with Crippen LogP contribution in [0.25, 0.3) is 0 Å². The van der Waals surface area contributed by atoms with Crippen LogP contribution < -0.4 is 4.72 Å². The van der Waals surface area contributed by atoms with Crippen LogP contribution in [-0.4, -0.2) is 20.1 Å². The normalized spacial score (nSPS) is 14.4. The summed E-state index contributed by atoms with van der Waals surface area (Å²) in [5.74, 6) is 0.290. The summed E-state index contributed by atoms with van der Waals surface area (Å²) in [5.41, 5.74) is 0.344. The van der Waals surface area contributed by atoms with Crippen LogP contribution in [0.4, 0.5) is 0 Å². The molecule has 7 heteroatoms. The molecule has 0 aliphatic heterocycles. The molecule has 1 aromatic carbocycles. The maximum absolute atomic E-state index is 12.6. The second-order valence-electron chi connectivity index (χ2n) is 5.89. The van der Waals surface area contributed by atoms with Crippen molar-refractivity contribution in [2.75, 3.05) is 6.54 Å². The number of furan rings is 1. The first kappa shape index (κ1) is 17.9. The number of benzene rings is 1. The monoisotopic (exact) mass is 377 g/mol. The SMILES string of the molecule is Cc1ccc(S(=O)(=O)NCC(O)(c2ccco2)c2cccs2)cc1C. The number of thiophene rings is 1. The van der Waals surface area contributed by atoms with Gasteiger partial charge in [0.1, 0.15) is 5.76 Å². The molecule has 1 unspecified atom stereocenters. The van der Waals surface area contributed by atoms with Crippen LogP contribution >= 0.6 is 11.3 Å². The lowest BCUT2D eigenvalue weighted by Gasteiger charge is -2.25. The predicted molar refractivity (Wildman–Crippen MR) is 97.1 cm³/mol. The third kappa shape index (κ3) is 3.55. The van der Waals surface area contributed by atoms with Crippen molar-refractivity contribution >= 4 is 21.4 Å². The maximum Gasteiger partial charge on any atom is 0.240 e. The molecular weight excluding hydrogens is 358 g/mol. The molecule has 2 aromatic heterocycles. The minimum atomic E-state index is -3.76. The van der Waals surface area contributed by atoms with Gasteiger partial charge in [-0.05, 0) is 60.7 Å². The second kappa shape index (κ2) is 6.76. The van der Waals surface area contributed by atoms with Gasteiger partial charge in [0.25, 0.3) is 0 Å². The van der Waals surface area contributed by atoms with Crippen LogP contribution in [0.1, 0.15) is 21.8 Å². The van der Waals surface area contributed by atoms with E-state index in [0.717, 1.165) is 11.1 Å². The lowest BCUT2D eigenvalue weighted by molar-refractivity contribution is 0.0655. The molecule has 0 radical (unpaired) electrons. The molecule has 0 amide bonds. The zero-order chi connectivity index (χ0) is 18.1. The van der Waals surface area contributed by atoms with Crippen LogP contribution in [0.5, 0.6) is 0 Å². The summed E-state index contributed by atoms with van der Waals surface area (Å²) in [4.78, 5) is 0.772. The van der Waals surface area contributed by atoms with Crippen LogP contribution in [0.3, 0.4) is 0 Å². The number of aliphatic hydroxyl groups is 1. The number of nitrogens with one attached hydrogen (secondary N) is 1. The lowest BCUT2D eigenvalue weighted by atomic mass is 9.99. The summed E-state index contributed by atoms with van der Waals surface area (Å²) in [6, 6.07) is 11.8. The highest BCUT2D eigenvalue weighted by Gasteiger charge is 2.37. The molecule has 3 rings (SSSR count). The Morgan fingerprint density at radius 2 is 1.96 bits per heavy atom. The molecule has 132 valence electrons. The van der Waals surface area contributed by atoms with E-state index in [0.29, 0.717) is 4.88 Å². The Kier molecular flexibility index (Phi) is 4.83. The fraction of sp³-hybridized carbons (Fsp3) is 0.222. The lowest BCUT2D eigenvalue weighted by Crippen LogP contribution is -2.40. The molecule has 5 nitrogen and oxygen atoms in total. The molecule has 2 heterocycles. The van der Waals surface area contributed by atoms with E-state index in [-0.39, 0.29) is 17.2 Å². The Bertz CT molecular complexity index is 911. The Hall–Kier alpha value is -1.93. The van der Waals surface area contributed by atoms with Crippen molar-refractivity contribution in [3.05, 3.63) is 75.9 Å². The molecule has 0 saturated heterocycles. The first-order valence-corrected chi connectivity index (χ1v) is 10.1. The van der Waals surface area contributed by atoms with E-state index < -0.39 is 15.6 Å². The third-order valence-corrected chi connectivity index (χ3v) is 6.58. The van der Waals surface area contributed by atoms with Crippen molar-refractivity contribution in [2.24, 2.45) is 0 Å². The Balaban J connectivity index is 1.90. The fourth-order valence-electron chi connectivity index (χ4n) is 2.49. The molecule has 3 aromatic rings. The Morgan fingerprint density at radius 3 is 2.56 bits per heavy atom. The quantitative estimate of drug-likeness (QED) is 0.691. The minimum absolute atomic E-state index is 0.170. The Labute approximate surface area is 151 Å². The first-order valence-electron chi connectivity index (χ1n) is 7.70. The molecule has 0 spiro atoms. The zero-order valence-corrected chi connectivity index (χ0v) is 15.5. The summed E-state index contributed by atoms with van der Waals surface area (Å²) in [5, 5.41) is 13.0. The largest absolute Gasteiger partial charge is 0.466 e. The number of sulfonamides is 1. The number of hydrogen-bond donors (Lipinski definition) is 2. The van der Waals surface area contributed by atoms with Gasteiger partial charge in [0.2, 0.25) is 10.0 Å². The Morgan fingerprint density at radius 1 is 1.16 bits per heavy atom. The van der Waals surface area contributed by atoms with Crippen molar-refractivity contribution < 1.29 is 17.9 Å². The van der Waals surface area contributed by atoms with Crippen LogP contribution in [-0.2, 0) is 15.6 Å². The summed E-state index contributed by atoms with van der Waals surface area (Å²) >= 11 is 1.33. The van der Waals surface area contributed by atoms with Gasteiger partial charge in [0, 0.05) is 4.88 Å². The van der Waals surface area contributed by atoms with Crippen LogP contribution in [0, 0.1) is 13.8 Å². The summed E-state index contributed by atoms with van der Waals surface area (Å²) < 4.78 is 33.1. The summed E-state index contributed by atoms with van der Waals surface area (Å²) in [7, 11) is -3.76.